The fourth-order valence-electron chi connectivity index (χ4n) is 3.08. The fraction of sp³-hybridized carbons (Fsp3) is 0.250. The van der Waals surface area contributed by atoms with Crippen LogP contribution in [0.3, 0.4) is 0 Å². The van der Waals surface area contributed by atoms with Crippen LogP contribution < -0.4 is 4.90 Å². The Morgan fingerprint density at radius 3 is 2.75 bits per heavy atom. The third-order valence-corrected chi connectivity index (χ3v) is 4.88. The molecule has 0 radical (unpaired) electrons. The molecule has 1 aliphatic rings. The molecular formula is C20H20BrN5O2. The minimum atomic E-state index is -0.609. The summed E-state index contributed by atoms with van der Waals surface area (Å²) in [6, 6.07) is 10.6. The topological polar surface area (TPSA) is 102 Å². The number of nitrogens with zero attached hydrogens (tertiary/aromatic N) is 3. The highest BCUT2D eigenvalue weighted by Crippen LogP contribution is 2.32. The first-order valence-corrected chi connectivity index (χ1v) is 9.51. The molecular weight excluding hydrogens is 422 g/mol. The van der Waals surface area contributed by atoms with Gasteiger partial charge in [-0.25, -0.2) is 0 Å². The second-order valence-electron chi connectivity index (χ2n) is 6.29. The van der Waals surface area contributed by atoms with Crippen LogP contribution in [0.25, 0.3) is 0 Å². The smallest absolute Gasteiger partial charge is 0.305 e. The van der Waals surface area contributed by atoms with Crippen molar-refractivity contribution < 1.29 is 9.53 Å². The first-order valence-electron chi connectivity index (χ1n) is 8.72. The molecule has 0 amide bonds. The van der Waals surface area contributed by atoms with E-state index in [0.29, 0.717) is 23.5 Å². The van der Waals surface area contributed by atoms with E-state index in [9.17, 15) is 4.79 Å². The second-order valence-corrected chi connectivity index (χ2v) is 7.21. The highest BCUT2D eigenvalue weighted by molar-refractivity contribution is 9.10. The van der Waals surface area contributed by atoms with Gasteiger partial charge in [-0.1, -0.05) is 22.0 Å². The van der Waals surface area contributed by atoms with Gasteiger partial charge in [0.05, 0.1) is 24.2 Å². The Morgan fingerprint density at radius 2 is 2.11 bits per heavy atom. The van der Waals surface area contributed by atoms with E-state index in [2.05, 4.69) is 20.9 Å². The Morgan fingerprint density at radius 1 is 1.32 bits per heavy atom. The SMILES string of the molecule is COC(=O)CC[C@@H]1N=C(c2ccccn2)c2cc(Br)ccc2N(C(C)=N)C1=N. The third-order valence-electron chi connectivity index (χ3n) is 4.39. The number of fused-ring (bicyclic) bond motifs is 1. The standard InChI is InChI=1S/C20H20BrN5O2/c1-12(22)26-17-8-6-13(21)11-14(17)19(15-5-3-4-10-24-15)25-16(20(26)23)7-9-18(27)28-2/h3-6,8,10-11,16,22-23H,7,9H2,1-2H3/t16-/m0/s1. The molecule has 2 N–H and O–H groups in total. The predicted molar refractivity (Wildman–Crippen MR) is 113 cm³/mol. The van der Waals surface area contributed by atoms with Crippen LogP contribution in [-0.4, -0.2) is 41.5 Å². The zero-order valence-corrected chi connectivity index (χ0v) is 17.2. The second kappa shape index (κ2) is 8.43. The summed E-state index contributed by atoms with van der Waals surface area (Å²) >= 11 is 3.50. The molecule has 0 bridgehead atoms. The third kappa shape index (κ3) is 4.01. The van der Waals surface area contributed by atoms with Crippen molar-refractivity contribution >= 4 is 45.0 Å². The lowest BCUT2D eigenvalue weighted by Crippen LogP contribution is -2.40. The van der Waals surface area contributed by atoms with Crippen LogP contribution in [0, 0.1) is 10.8 Å². The van der Waals surface area contributed by atoms with E-state index >= 15 is 0 Å². The number of hydrogen-bond donors (Lipinski definition) is 2. The van der Waals surface area contributed by atoms with Gasteiger partial charge in [0.15, 0.2) is 0 Å². The van der Waals surface area contributed by atoms with Crippen LogP contribution in [0.15, 0.2) is 52.1 Å². The van der Waals surface area contributed by atoms with Crippen molar-refractivity contribution in [1.82, 2.24) is 4.98 Å². The van der Waals surface area contributed by atoms with Crippen LogP contribution in [-0.2, 0) is 9.53 Å². The number of carbonyl (C=O) groups is 1. The number of esters is 1. The average Bonchev–Trinajstić information content (AvgIpc) is 2.81. The van der Waals surface area contributed by atoms with E-state index in [1.54, 1.807) is 18.0 Å². The fourth-order valence-corrected chi connectivity index (χ4v) is 3.45. The van der Waals surface area contributed by atoms with Gasteiger partial charge >= 0.3 is 5.97 Å². The van der Waals surface area contributed by atoms with Crippen molar-refractivity contribution in [3.8, 4) is 0 Å². The molecule has 0 unspecified atom stereocenters. The van der Waals surface area contributed by atoms with Crippen molar-refractivity contribution in [2.45, 2.75) is 25.8 Å². The molecule has 3 rings (SSSR count). The number of aliphatic imine (C=N–C) groups is 1. The normalized spacial score (nSPS) is 16.1. The number of halogens is 1. The first-order chi connectivity index (χ1) is 13.4. The number of benzene rings is 1. The molecule has 7 nitrogen and oxygen atoms in total. The molecule has 0 fully saturated rings. The van der Waals surface area contributed by atoms with Gasteiger partial charge in [0, 0.05) is 22.7 Å². The Kier molecular flexibility index (Phi) is 5.99. The number of pyridine rings is 1. The van der Waals surface area contributed by atoms with E-state index in [0.717, 1.165) is 10.0 Å². The summed E-state index contributed by atoms with van der Waals surface area (Å²) in [5, 5.41) is 16.9. The van der Waals surface area contributed by atoms with Crippen LogP contribution in [0.2, 0.25) is 0 Å². The highest BCUT2D eigenvalue weighted by atomic mass is 79.9. The van der Waals surface area contributed by atoms with Gasteiger partial charge in [0.25, 0.3) is 0 Å². The quantitative estimate of drug-likeness (QED) is 0.427. The molecule has 144 valence electrons. The predicted octanol–water partition coefficient (Wildman–Crippen LogP) is 3.80. The van der Waals surface area contributed by atoms with Crippen LogP contribution in [0.1, 0.15) is 31.0 Å². The van der Waals surface area contributed by atoms with E-state index in [4.69, 9.17) is 20.5 Å². The molecule has 0 saturated carbocycles. The van der Waals surface area contributed by atoms with Crippen LogP contribution in [0.5, 0.6) is 0 Å². The summed E-state index contributed by atoms with van der Waals surface area (Å²) in [5.41, 5.74) is 2.75. The van der Waals surface area contributed by atoms with Crippen LogP contribution in [0.4, 0.5) is 5.69 Å². The number of ether oxygens (including phenoxy) is 1. The minimum Gasteiger partial charge on any atom is -0.469 e. The van der Waals surface area contributed by atoms with E-state index in [-0.39, 0.29) is 24.1 Å². The number of methoxy groups -OCH3 is 1. The number of hydrogen-bond acceptors (Lipinski definition) is 6. The zero-order valence-electron chi connectivity index (χ0n) is 15.6. The minimum absolute atomic E-state index is 0.132. The maximum Gasteiger partial charge on any atom is 0.305 e. The largest absolute Gasteiger partial charge is 0.469 e. The van der Waals surface area contributed by atoms with E-state index < -0.39 is 6.04 Å². The lowest BCUT2D eigenvalue weighted by Gasteiger charge is -2.26. The Bertz CT molecular complexity index is 958. The van der Waals surface area contributed by atoms with Crippen molar-refractivity contribution in [2.24, 2.45) is 4.99 Å². The van der Waals surface area contributed by atoms with Crippen molar-refractivity contribution in [3.63, 3.8) is 0 Å². The van der Waals surface area contributed by atoms with Crippen molar-refractivity contribution in [1.29, 1.82) is 10.8 Å². The van der Waals surface area contributed by atoms with Crippen molar-refractivity contribution in [2.75, 3.05) is 12.0 Å². The molecule has 0 aliphatic carbocycles. The van der Waals surface area contributed by atoms with Crippen molar-refractivity contribution in [3.05, 3.63) is 58.3 Å². The Hall–Kier alpha value is -2.87. The van der Waals surface area contributed by atoms with Gasteiger partial charge in [-0.2, -0.15) is 0 Å². The summed E-state index contributed by atoms with van der Waals surface area (Å²) in [4.78, 5) is 22.5. The summed E-state index contributed by atoms with van der Waals surface area (Å²) in [6.07, 6.45) is 2.13. The molecule has 28 heavy (non-hydrogen) atoms. The van der Waals surface area contributed by atoms with Gasteiger partial charge in [0.1, 0.15) is 17.7 Å². The number of aromatic nitrogens is 1. The maximum absolute atomic E-state index is 11.7. The number of nitrogens with one attached hydrogen (secondary N) is 2. The molecule has 1 aromatic carbocycles. The number of carbonyl (C=O) groups excluding carboxylic acids is 1. The molecule has 0 saturated heterocycles. The Balaban J connectivity index is 2.19. The van der Waals surface area contributed by atoms with Gasteiger partial charge in [-0.15, -0.1) is 0 Å². The van der Waals surface area contributed by atoms with Gasteiger partial charge in [-0.05, 0) is 43.7 Å². The lowest BCUT2D eigenvalue weighted by molar-refractivity contribution is -0.140. The molecule has 2 aromatic rings. The molecule has 8 heteroatoms. The highest BCUT2D eigenvalue weighted by Gasteiger charge is 2.31. The maximum atomic E-state index is 11.7. The molecule has 1 aromatic heterocycles. The molecule has 0 spiro atoms. The van der Waals surface area contributed by atoms with Gasteiger partial charge in [-0.3, -0.25) is 30.5 Å². The summed E-state index contributed by atoms with van der Waals surface area (Å²) in [5.74, 6) is -0.00923. The summed E-state index contributed by atoms with van der Waals surface area (Å²) in [6.45, 7) is 1.63. The van der Waals surface area contributed by atoms with Crippen LogP contribution >= 0.6 is 15.9 Å². The number of benzodiazepines with no additional fused rings is 1. The first kappa shape index (κ1) is 19.9. The molecule has 1 atom stereocenters. The van der Waals surface area contributed by atoms with Gasteiger partial charge in [0.2, 0.25) is 0 Å². The number of rotatable bonds is 4. The van der Waals surface area contributed by atoms with E-state index in [1.807, 2.05) is 36.4 Å². The number of anilines is 1. The summed E-state index contributed by atoms with van der Waals surface area (Å²) in [7, 11) is 1.34. The lowest BCUT2D eigenvalue weighted by atomic mass is 10.0. The summed E-state index contributed by atoms with van der Waals surface area (Å²) < 4.78 is 5.60. The average molecular weight is 442 g/mol. The van der Waals surface area contributed by atoms with Gasteiger partial charge < -0.3 is 4.74 Å². The monoisotopic (exact) mass is 441 g/mol. The zero-order chi connectivity index (χ0) is 20.3. The number of amidine groups is 2. The molecule has 2 heterocycles. The molecule has 1 aliphatic heterocycles. The Labute approximate surface area is 171 Å². The van der Waals surface area contributed by atoms with E-state index in [1.165, 1.54) is 7.11 Å².